The number of ether oxygens (including phenoxy) is 1. The Morgan fingerprint density at radius 2 is 2.23 bits per heavy atom. The highest BCUT2D eigenvalue weighted by Crippen LogP contribution is 2.18. The molecule has 0 aromatic heterocycles. The molecule has 2 rings (SSSR count). The third-order valence-corrected chi connectivity index (χ3v) is 2.66. The standard InChI is InChI=1S/C8H14N2O3/c11-8(12)10-6-1-2-9-3-7(10)5-13-4-6/h6-7,9H,1-5H2,(H,11,12). The van der Waals surface area contributed by atoms with Crippen LogP contribution in [-0.4, -0.2) is 54.5 Å². The minimum absolute atomic E-state index is 0.00116. The molecule has 0 radical (unpaired) electrons. The van der Waals surface area contributed by atoms with Gasteiger partial charge in [-0.3, -0.25) is 4.90 Å². The molecule has 5 nitrogen and oxygen atoms in total. The van der Waals surface area contributed by atoms with E-state index in [4.69, 9.17) is 9.84 Å². The second kappa shape index (κ2) is 3.51. The number of hydrogen-bond donors (Lipinski definition) is 2. The molecule has 74 valence electrons. The van der Waals surface area contributed by atoms with E-state index in [0.717, 1.165) is 13.0 Å². The molecule has 2 unspecified atom stereocenters. The van der Waals surface area contributed by atoms with Gasteiger partial charge in [-0.15, -0.1) is 0 Å². The number of fused-ring (bicyclic) bond motifs is 2. The average molecular weight is 186 g/mol. The largest absolute Gasteiger partial charge is 0.465 e. The first-order valence-corrected chi connectivity index (χ1v) is 4.59. The lowest BCUT2D eigenvalue weighted by atomic mass is 10.1. The predicted molar refractivity (Wildman–Crippen MR) is 45.7 cm³/mol. The number of nitrogens with zero attached hydrogens (tertiary/aromatic N) is 1. The molecule has 2 fully saturated rings. The molecule has 2 aliphatic rings. The molecule has 0 spiro atoms. The van der Waals surface area contributed by atoms with Gasteiger partial charge in [0.1, 0.15) is 0 Å². The maximum Gasteiger partial charge on any atom is 0.408 e. The zero-order chi connectivity index (χ0) is 9.26. The Hall–Kier alpha value is -0.810. The SMILES string of the molecule is O=C(O)N1C2CCNCC1COC2. The number of nitrogens with one attached hydrogen (secondary N) is 1. The lowest BCUT2D eigenvalue weighted by molar-refractivity contribution is -0.0309. The lowest BCUT2D eigenvalue weighted by Crippen LogP contribution is -2.55. The summed E-state index contributed by atoms with van der Waals surface area (Å²) in [6.07, 6.45) is 0.0324. The van der Waals surface area contributed by atoms with Gasteiger partial charge in [0.25, 0.3) is 0 Å². The van der Waals surface area contributed by atoms with Crippen molar-refractivity contribution in [2.24, 2.45) is 0 Å². The Morgan fingerprint density at radius 3 is 3.00 bits per heavy atom. The van der Waals surface area contributed by atoms with Crippen LogP contribution in [0.2, 0.25) is 0 Å². The second-order valence-corrected chi connectivity index (χ2v) is 3.53. The first kappa shape index (κ1) is 8.77. The van der Waals surface area contributed by atoms with Crippen molar-refractivity contribution < 1.29 is 14.6 Å². The maximum atomic E-state index is 11.0. The van der Waals surface area contributed by atoms with E-state index in [1.165, 1.54) is 0 Å². The Bertz CT molecular complexity index is 196. The normalized spacial score (nSPS) is 34.0. The van der Waals surface area contributed by atoms with Crippen LogP contribution < -0.4 is 5.32 Å². The fourth-order valence-electron chi connectivity index (χ4n) is 2.03. The van der Waals surface area contributed by atoms with Gasteiger partial charge in [-0.1, -0.05) is 0 Å². The van der Waals surface area contributed by atoms with Crippen molar-refractivity contribution in [3.8, 4) is 0 Å². The molecule has 0 aromatic rings. The van der Waals surface area contributed by atoms with Gasteiger partial charge in [-0.05, 0) is 13.0 Å². The molecule has 2 heterocycles. The number of carboxylic acid groups (broad SMARTS) is 1. The van der Waals surface area contributed by atoms with Crippen molar-refractivity contribution in [2.45, 2.75) is 18.5 Å². The van der Waals surface area contributed by atoms with Gasteiger partial charge in [0, 0.05) is 6.54 Å². The second-order valence-electron chi connectivity index (χ2n) is 3.53. The fraction of sp³-hybridized carbons (Fsp3) is 0.875. The summed E-state index contributed by atoms with van der Waals surface area (Å²) in [5.41, 5.74) is 0. The number of carbonyl (C=O) groups is 1. The Labute approximate surface area is 76.7 Å². The molecular weight excluding hydrogens is 172 g/mol. The molecule has 2 atom stereocenters. The lowest BCUT2D eigenvalue weighted by Gasteiger charge is -2.37. The van der Waals surface area contributed by atoms with Crippen LogP contribution >= 0.6 is 0 Å². The predicted octanol–water partition coefficient (Wildman–Crippen LogP) is -0.273. The summed E-state index contributed by atoms with van der Waals surface area (Å²) in [6, 6.07) is 0.0463. The summed E-state index contributed by atoms with van der Waals surface area (Å²) in [6.45, 7) is 2.66. The highest BCUT2D eigenvalue weighted by atomic mass is 16.5. The summed E-state index contributed by atoms with van der Waals surface area (Å²) < 4.78 is 5.35. The van der Waals surface area contributed by atoms with E-state index in [9.17, 15) is 4.79 Å². The zero-order valence-electron chi connectivity index (χ0n) is 7.40. The van der Waals surface area contributed by atoms with Gasteiger partial charge in [0.15, 0.2) is 0 Å². The topological polar surface area (TPSA) is 61.8 Å². The monoisotopic (exact) mass is 186 g/mol. The number of morpholine rings is 1. The highest BCUT2D eigenvalue weighted by molar-refractivity contribution is 5.66. The van der Waals surface area contributed by atoms with Crippen LogP contribution in [0.3, 0.4) is 0 Å². The van der Waals surface area contributed by atoms with Crippen molar-refractivity contribution in [1.29, 1.82) is 0 Å². The quantitative estimate of drug-likeness (QED) is 0.546. The third-order valence-electron chi connectivity index (χ3n) is 2.66. The first-order chi connectivity index (χ1) is 6.29. The van der Waals surface area contributed by atoms with Crippen molar-refractivity contribution in [1.82, 2.24) is 10.2 Å². The third kappa shape index (κ3) is 1.62. The first-order valence-electron chi connectivity index (χ1n) is 4.59. The van der Waals surface area contributed by atoms with Crippen LogP contribution in [0.25, 0.3) is 0 Å². The fourth-order valence-corrected chi connectivity index (χ4v) is 2.03. The molecule has 5 heteroatoms. The number of rotatable bonds is 0. The minimum Gasteiger partial charge on any atom is -0.465 e. The summed E-state index contributed by atoms with van der Waals surface area (Å²) >= 11 is 0. The van der Waals surface area contributed by atoms with Crippen LogP contribution in [0, 0.1) is 0 Å². The van der Waals surface area contributed by atoms with Crippen LogP contribution in [0.15, 0.2) is 0 Å². The van der Waals surface area contributed by atoms with Gasteiger partial charge in [0.05, 0.1) is 25.3 Å². The average Bonchev–Trinajstić information content (AvgIpc) is 2.22. The maximum absolute atomic E-state index is 11.0. The Balaban J connectivity index is 2.16. The van der Waals surface area contributed by atoms with Crippen LogP contribution in [0.5, 0.6) is 0 Å². The smallest absolute Gasteiger partial charge is 0.408 e. The number of amides is 1. The van der Waals surface area contributed by atoms with Crippen LogP contribution in [0.1, 0.15) is 6.42 Å². The molecule has 0 aliphatic carbocycles. The van der Waals surface area contributed by atoms with E-state index in [1.807, 2.05) is 0 Å². The van der Waals surface area contributed by atoms with Crippen LogP contribution in [0.4, 0.5) is 4.79 Å². The van der Waals surface area contributed by atoms with Crippen molar-refractivity contribution in [2.75, 3.05) is 26.3 Å². The Morgan fingerprint density at radius 1 is 1.46 bits per heavy atom. The van der Waals surface area contributed by atoms with Gasteiger partial charge in [-0.25, -0.2) is 4.79 Å². The van der Waals surface area contributed by atoms with E-state index in [-0.39, 0.29) is 12.1 Å². The van der Waals surface area contributed by atoms with E-state index >= 15 is 0 Å². The summed E-state index contributed by atoms with van der Waals surface area (Å²) in [5.74, 6) is 0. The van der Waals surface area contributed by atoms with Gasteiger partial charge in [-0.2, -0.15) is 0 Å². The highest BCUT2D eigenvalue weighted by Gasteiger charge is 2.36. The molecular formula is C8H14N2O3. The minimum atomic E-state index is -0.818. The Kier molecular flexibility index (Phi) is 2.37. The number of hydrogen-bond acceptors (Lipinski definition) is 3. The van der Waals surface area contributed by atoms with E-state index in [0.29, 0.717) is 19.8 Å². The summed E-state index contributed by atoms with van der Waals surface area (Å²) in [5, 5.41) is 12.2. The van der Waals surface area contributed by atoms with E-state index in [1.54, 1.807) is 4.90 Å². The molecule has 13 heavy (non-hydrogen) atoms. The molecule has 0 saturated carbocycles. The summed E-state index contributed by atoms with van der Waals surface area (Å²) in [7, 11) is 0. The molecule has 0 aromatic carbocycles. The molecule has 2 bridgehead atoms. The van der Waals surface area contributed by atoms with Crippen molar-refractivity contribution in [3.05, 3.63) is 0 Å². The molecule has 2 aliphatic heterocycles. The zero-order valence-corrected chi connectivity index (χ0v) is 7.40. The molecule has 2 saturated heterocycles. The summed E-state index contributed by atoms with van der Waals surface area (Å²) in [4.78, 5) is 12.5. The molecule has 1 amide bonds. The van der Waals surface area contributed by atoms with Crippen molar-refractivity contribution >= 4 is 6.09 Å². The van der Waals surface area contributed by atoms with Gasteiger partial charge < -0.3 is 15.2 Å². The molecule has 2 N–H and O–H groups in total. The van der Waals surface area contributed by atoms with Crippen LogP contribution in [-0.2, 0) is 4.74 Å². The van der Waals surface area contributed by atoms with E-state index in [2.05, 4.69) is 5.32 Å². The van der Waals surface area contributed by atoms with E-state index < -0.39 is 6.09 Å². The van der Waals surface area contributed by atoms with Gasteiger partial charge in [0.2, 0.25) is 0 Å². The van der Waals surface area contributed by atoms with Gasteiger partial charge >= 0.3 is 6.09 Å². The van der Waals surface area contributed by atoms with Crippen molar-refractivity contribution in [3.63, 3.8) is 0 Å².